The van der Waals surface area contributed by atoms with Crippen LogP contribution in [-0.2, 0) is 9.63 Å². The molecule has 3 rings (SSSR count). The lowest BCUT2D eigenvalue weighted by Crippen LogP contribution is -2.32. The van der Waals surface area contributed by atoms with Gasteiger partial charge in [0.25, 0.3) is 0 Å². The summed E-state index contributed by atoms with van der Waals surface area (Å²) in [4.78, 5) is 17.0. The minimum Gasteiger partial charge on any atom is -0.480 e. The molecule has 0 amide bonds. The van der Waals surface area contributed by atoms with Crippen molar-refractivity contribution in [2.24, 2.45) is 21.9 Å². The van der Waals surface area contributed by atoms with E-state index in [-0.39, 0.29) is 17.4 Å². The number of hydrogen-bond acceptors (Lipinski definition) is 4. The maximum absolute atomic E-state index is 11.9. The number of carbonyl (C=O) groups excluding carboxylic acids is 1. The molecule has 2 atom stereocenters. The first-order valence-electron chi connectivity index (χ1n) is 8.09. The van der Waals surface area contributed by atoms with Crippen LogP contribution in [-0.4, -0.2) is 18.3 Å². The van der Waals surface area contributed by atoms with Crippen molar-refractivity contribution in [2.45, 2.75) is 40.0 Å². The smallest absolute Gasteiger partial charge is 0.372 e. The van der Waals surface area contributed by atoms with Crippen LogP contribution in [0, 0.1) is 16.7 Å². The van der Waals surface area contributed by atoms with Crippen LogP contribution in [0.5, 0.6) is 5.75 Å². The molecule has 0 radical (unpaired) electrons. The SMILES string of the molecule is CC1(C)[C@H]2CC[C@@]1(C)/C(=N\OC(=O)COc1ccc(Cl)cc1Cl)C2. The summed E-state index contributed by atoms with van der Waals surface area (Å²) in [6.45, 7) is 6.53. The van der Waals surface area contributed by atoms with E-state index in [1.165, 1.54) is 6.42 Å². The van der Waals surface area contributed by atoms with Gasteiger partial charge in [0.15, 0.2) is 6.61 Å². The van der Waals surface area contributed by atoms with E-state index in [2.05, 4.69) is 25.9 Å². The fourth-order valence-electron chi connectivity index (χ4n) is 3.93. The fraction of sp³-hybridized carbons (Fsp3) is 0.556. The molecule has 0 aliphatic heterocycles. The molecule has 24 heavy (non-hydrogen) atoms. The van der Waals surface area contributed by atoms with Gasteiger partial charge in [-0.1, -0.05) is 49.1 Å². The summed E-state index contributed by atoms with van der Waals surface area (Å²) in [5.41, 5.74) is 1.20. The van der Waals surface area contributed by atoms with Crippen molar-refractivity contribution >= 4 is 34.9 Å². The van der Waals surface area contributed by atoms with Gasteiger partial charge in [-0.3, -0.25) is 0 Å². The van der Waals surface area contributed by atoms with Crippen molar-refractivity contribution in [1.29, 1.82) is 0 Å². The zero-order chi connectivity index (χ0) is 17.5. The molecule has 0 saturated heterocycles. The maximum Gasteiger partial charge on any atom is 0.372 e. The largest absolute Gasteiger partial charge is 0.480 e. The second-order valence-electron chi connectivity index (χ2n) is 7.36. The van der Waals surface area contributed by atoms with Crippen LogP contribution >= 0.6 is 23.2 Å². The molecule has 0 aromatic heterocycles. The Morgan fingerprint density at radius 1 is 1.33 bits per heavy atom. The number of rotatable bonds is 4. The van der Waals surface area contributed by atoms with Crippen molar-refractivity contribution in [3.05, 3.63) is 28.2 Å². The van der Waals surface area contributed by atoms with Crippen molar-refractivity contribution in [2.75, 3.05) is 6.61 Å². The first kappa shape index (κ1) is 17.6. The Balaban J connectivity index is 1.58. The number of hydrogen-bond donors (Lipinski definition) is 0. The number of halogens is 2. The Labute approximate surface area is 152 Å². The van der Waals surface area contributed by atoms with Gasteiger partial charge >= 0.3 is 5.97 Å². The molecule has 0 heterocycles. The lowest BCUT2D eigenvalue weighted by molar-refractivity contribution is -0.146. The molecule has 2 bridgehead atoms. The standard InChI is InChI=1S/C18H21Cl2NO3/c1-17(2)11-6-7-18(17,3)15(8-11)21-24-16(22)10-23-14-5-4-12(19)9-13(14)20/h4-5,9,11H,6-8,10H2,1-3H3/b21-15-/t11-,18-/m0/s1. The molecule has 130 valence electrons. The van der Waals surface area contributed by atoms with Gasteiger partial charge in [0.1, 0.15) is 5.75 Å². The predicted molar refractivity (Wildman–Crippen MR) is 94.7 cm³/mol. The predicted octanol–water partition coefficient (Wildman–Crippen LogP) is 5.12. The molecule has 6 heteroatoms. The highest BCUT2D eigenvalue weighted by Crippen LogP contribution is 2.63. The Kier molecular flexibility index (Phi) is 4.56. The third-order valence-corrected chi connectivity index (χ3v) is 6.54. The van der Waals surface area contributed by atoms with Crippen LogP contribution < -0.4 is 4.74 Å². The van der Waals surface area contributed by atoms with E-state index in [1.807, 2.05) is 0 Å². The van der Waals surface area contributed by atoms with Crippen LogP contribution in [0.3, 0.4) is 0 Å². The molecule has 2 saturated carbocycles. The maximum atomic E-state index is 11.9. The third-order valence-electron chi connectivity index (χ3n) is 6.01. The van der Waals surface area contributed by atoms with Gasteiger partial charge in [-0.2, -0.15) is 0 Å². The molecule has 1 aromatic rings. The molecule has 2 aliphatic carbocycles. The molecule has 1 aromatic carbocycles. The number of benzene rings is 1. The van der Waals surface area contributed by atoms with Crippen LogP contribution in [0.15, 0.2) is 23.4 Å². The highest BCUT2D eigenvalue weighted by atomic mass is 35.5. The summed E-state index contributed by atoms with van der Waals surface area (Å²) in [5, 5.41) is 5.01. The Morgan fingerprint density at radius 2 is 2.08 bits per heavy atom. The van der Waals surface area contributed by atoms with Crippen LogP contribution in [0.2, 0.25) is 10.0 Å². The minimum absolute atomic E-state index is 0.0122. The quantitative estimate of drug-likeness (QED) is 0.546. The average molecular weight is 370 g/mol. The normalized spacial score (nSPS) is 29.0. The van der Waals surface area contributed by atoms with Gasteiger partial charge in [-0.25, -0.2) is 4.79 Å². The van der Waals surface area contributed by atoms with Crippen LogP contribution in [0.25, 0.3) is 0 Å². The monoisotopic (exact) mass is 369 g/mol. The number of carbonyl (C=O) groups is 1. The highest BCUT2D eigenvalue weighted by Gasteiger charge is 2.60. The van der Waals surface area contributed by atoms with Gasteiger partial charge in [-0.05, 0) is 48.8 Å². The van der Waals surface area contributed by atoms with E-state index in [0.717, 1.165) is 18.6 Å². The average Bonchev–Trinajstić information content (AvgIpc) is 2.85. The van der Waals surface area contributed by atoms with Crippen molar-refractivity contribution in [3.8, 4) is 5.75 Å². The highest BCUT2D eigenvalue weighted by molar-refractivity contribution is 6.35. The number of oxime groups is 1. The summed E-state index contributed by atoms with van der Waals surface area (Å²) >= 11 is 11.8. The van der Waals surface area contributed by atoms with E-state index >= 15 is 0 Å². The van der Waals surface area contributed by atoms with E-state index in [9.17, 15) is 4.79 Å². The van der Waals surface area contributed by atoms with Crippen molar-refractivity contribution < 1.29 is 14.4 Å². The van der Waals surface area contributed by atoms with Gasteiger partial charge in [0.2, 0.25) is 0 Å². The topological polar surface area (TPSA) is 47.9 Å². The van der Waals surface area contributed by atoms with Gasteiger partial charge in [0, 0.05) is 10.4 Å². The summed E-state index contributed by atoms with van der Waals surface area (Å²) in [6, 6.07) is 4.82. The zero-order valence-electron chi connectivity index (χ0n) is 14.1. The first-order valence-corrected chi connectivity index (χ1v) is 8.84. The lowest BCUT2D eigenvalue weighted by atomic mass is 9.70. The Hall–Kier alpha value is -1.26. The summed E-state index contributed by atoms with van der Waals surface area (Å²) < 4.78 is 5.36. The molecule has 2 aliphatic rings. The molecule has 0 N–H and O–H groups in total. The lowest BCUT2D eigenvalue weighted by Gasteiger charge is -2.34. The molecule has 0 spiro atoms. The van der Waals surface area contributed by atoms with Gasteiger partial charge in [-0.15, -0.1) is 0 Å². The number of ether oxygens (including phenoxy) is 1. The first-order chi connectivity index (χ1) is 11.2. The molecule has 0 unspecified atom stereocenters. The molecular weight excluding hydrogens is 349 g/mol. The summed E-state index contributed by atoms with van der Waals surface area (Å²) in [5.74, 6) is 0.459. The minimum atomic E-state index is -0.544. The number of fused-ring (bicyclic) bond motifs is 2. The third kappa shape index (κ3) is 2.91. The van der Waals surface area contributed by atoms with E-state index < -0.39 is 5.97 Å². The van der Waals surface area contributed by atoms with Gasteiger partial charge in [0.05, 0.1) is 10.7 Å². The molecule has 4 nitrogen and oxygen atoms in total. The van der Waals surface area contributed by atoms with Crippen molar-refractivity contribution in [1.82, 2.24) is 0 Å². The van der Waals surface area contributed by atoms with Crippen molar-refractivity contribution in [3.63, 3.8) is 0 Å². The van der Waals surface area contributed by atoms with E-state index in [4.69, 9.17) is 32.8 Å². The van der Waals surface area contributed by atoms with Crippen LogP contribution in [0.1, 0.15) is 40.0 Å². The Morgan fingerprint density at radius 3 is 2.67 bits per heavy atom. The van der Waals surface area contributed by atoms with E-state index in [0.29, 0.717) is 21.7 Å². The molecule has 2 fully saturated rings. The second-order valence-corrected chi connectivity index (χ2v) is 8.20. The fourth-order valence-corrected chi connectivity index (χ4v) is 4.39. The summed E-state index contributed by atoms with van der Waals surface area (Å²) in [6.07, 6.45) is 3.22. The Bertz CT molecular complexity index is 702. The van der Waals surface area contributed by atoms with E-state index in [1.54, 1.807) is 18.2 Å². The zero-order valence-corrected chi connectivity index (χ0v) is 15.6. The molecular formula is C18H21Cl2NO3. The summed E-state index contributed by atoms with van der Waals surface area (Å²) in [7, 11) is 0. The van der Waals surface area contributed by atoms with Gasteiger partial charge < -0.3 is 9.57 Å². The number of nitrogens with zero attached hydrogens (tertiary/aromatic N) is 1. The van der Waals surface area contributed by atoms with Crippen LogP contribution in [0.4, 0.5) is 0 Å². The second kappa shape index (κ2) is 6.23.